The van der Waals surface area contributed by atoms with Crippen LogP contribution in [0.5, 0.6) is 0 Å². The largest absolute Gasteiger partial charge is 0.465 e. The summed E-state index contributed by atoms with van der Waals surface area (Å²) in [5.74, 6) is 0. The number of amides is 2. The van der Waals surface area contributed by atoms with Gasteiger partial charge in [0.2, 0.25) is 0 Å². The first kappa shape index (κ1) is 13.4. The highest BCUT2D eigenvalue weighted by atomic mass is 16.6. The number of benzene rings is 1. The van der Waals surface area contributed by atoms with E-state index in [-0.39, 0.29) is 17.9 Å². The molecule has 96 valence electrons. The zero-order valence-corrected chi connectivity index (χ0v) is 9.37. The number of hydrogen-bond donors (Lipinski definition) is 2. The summed E-state index contributed by atoms with van der Waals surface area (Å²) < 4.78 is 4.55. The number of hydrogen-bond acceptors (Lipinski definition) is 5. The minimum atomic E-state index is -1.56. The number of carbonyl (C=O) groups is 2. The lowest BCUT2D eigenvalue weighted by Gasteiger charge is -2.06. The zero-order chi connectivity index (χ0) is 13.7. The Labute approximate surface area is 101 Å². The number of carboxylic acid groups (broad SMARTS) is 1. The van der Waals surface area contributed by atoms with Gasteiger partial charge in [0, 0.05) is 5.56 Å². The molecule has 0 aliphatic rings. The standard InChI is InChI=1S/C10H10N2O6/c1-6-3-2-4-7(8(6)12(16)17)5-18-10(15)11-9(13)14/h2-4H,5H2,1H3,(H,11,15)(H,13,14). The van der Waals surface area contributed by atoms with E-state index in [4.69, 9.17) is 5.11 Å². The van der Waals surface area contributed by atoms with Gasteiger partial charge in [0.05, 0.1) is 10.5 Å². The predicted molar refractivity (Wildman–Crippen MR) is 59.2 cm³/mol. The van der Waals surface area contributed by atoms with E-state index in [9.17, 15) is 19.7 Å². The third kappa shape index (κ3) is 3.44. The molecule has 0 aromatic heterocycles. The molecule has 0 saturated heterocycles. The van der Waals surface area contributed by atoms with Crippen molar-refractivity contribution >= 4 is 17.9 Å². The smallest absolute Gasteiger partial charge is 0.416 e. The molecule has 0 heterocycles. The summed E-state index contributed by atoms with van der Waals surface area (Å²) in [6, 6.07) is 4.56. The number of imide groups is 1. The first-order chi connectivity index (χ1) is 8.41. The fourth-order valence-electron chi connectivity index (χ4n) is 1.36. The lowest BCUT2D eigenvalue weighted by atomic mass is 10.1. The number of carbonyl (C=O) groups excluding carboxylic acids is 1. The fourth-order valence-corrected chi connectivity index (χ4v) is 1.36. The van der Waals surface area contributed by atoms with E-state index in [0.717, 1.165) is 0 Å². The Hall–Kier alpha value is -2.64. The molecule has 1 aromatic carbocycles. The Morgan fingerprint density at radius 2 is 2.17 bits per heavy atom. The summed E-state index contributed by atoms with van der Waals surface area (Å²) in [4.78, 5) is 31.3. The van der Waals surface area contributed by atoms with Crippen molar-refractivity contribution < 1.29 is 24.4 Å². The Morgan fingerprint density at radius 3 is 2.72 bits per heavy atom. The number of nitrogens with one attached hydrogen (secondary N) is 1. The van der Waals surface area contributed by atoms with Crippen LogP contribution in [0.3, 0.4) is 0 Å². The van der Waals surface area contributed by atoms with E-state index in [2.05, 4.69) is 4.74 Å². The van der Waals surface area contributed by atoms with E-state index in [1.54, 1.807) is 19.1 Å². The van der Waals surface area contributed by atoms with E-state index in [1.165, 1.54) is 11.4 Å². The first-order valence-corrected chi connectivity index (χ1v) is 4.81. The number of nitro groups is 1. The molecule has 0 saturated carbocycles. The van der Waals surface area contributed by atoms with Crippen LogP contribution in [0, 0.1) is 17.0 Å². The monoisotopic (exact) mass is 254 g/mol. The highest BCUT2D eigenvalue weighted by Gasteiger charge is 2.18. The first-order valence-electron chi connectivity index (χ1n) is 4.81. The maximum absolute atomic E-state index is 10.9. The highest BCUT2D eigenvalue weighted by Crippen LogP contribution is 2.23. The molecule has 1 rings (SSSR count). The highest BCUT2D eigenvalue weighted by molar-refractivity contribution is 5.86. The molecule has 2 N–H and O–H groups in total. The van der Waals surface area contributed by atoms with Crippen LogP contribution in [0.25, 0.3) is 0 Å². The number of ether oxygens (including phenoxy) is 1. The van der Waals surface area contributed by atoms with E-state index >= 15 is 0 Å². The van der Waals surface area contributed by atoms with Gasteiger partial charge in [-0.25, -0.2) is 14.9 Å². The van der Waals surface area contributed by atoms with Gasteiger partial charge in [0.15, 0.2) is 0 Å². The third-order valence-electron chi connectivity index (χ3n) is 2.07. The molecule has 2 amide bonds. The van der Waals surface area contributed by atoms with Crippen LogP contribution in [0.2, 0.25) is 0 Å². The molecule has 8 nitrogen and oxygen atoms in total. The van der Waals surface area contributed by atoms with Gasteiger partial charge in [-0.15, -0.1) is 0 Å². The number of nitrogens with zero attached hydrogens (tertiary/aromatic N) is 1. The number of alkyl carbamates (subject to hydrolysis) is 1. The van der Waals surface area contributed by atoms with E-state index in [1.807, 2.05) is 0 Å². The fraction of sp³-hybridized carbons (Fsp3) is 0.200. The Kier molecular flexibility index (Phi) is 4.19. The van der Waals surface area contributed by atoms with Crippen molar-refractivity contribution in [1.29, 1.82) is 0 Å². The Morgan fingerprint density at radius 1 is 1.50 bits per heavy atom. The number of aryl methyl sites for hydroxylation is 1. The van der Waals surface area contributed by atoms with Crippen molar-refractivity contribution in [2.75, 3.05) is 0 Å². The zero-order valence-electron chi connectivity index (χ0n) is 9.37. The molecule has 0 atom stereocenters. The van der Waals surface area contributed by atoms with Crippen molar-refractivity contribution in [2.45, 2.75) is 13.5 Å². The molecule has 0 unspecified atom stereocenters. The van der Waals surface area contributed by atoms with Crippen molar-refractivity contribution in [1.82, 2.24) is 5.32 Å². The average Bonchev–Trinajstić information content (AvgIpc) is 2.24. The van der Waals surface area contributed by atoms with Crippen LogP contribution in [-0.4, -0.2) is 22.2 Å². The van der Waals surface area contributed by atoms with Gasteiger partial charge >= 0.3 is 12.2 Å². The number of nitro benzene ring substituents is 1. The molecule has 0 aliphatic carbocycles. The van der Waals surface area contributed by atoms with Crippen molar-refractivity contribution in [3.8, 4) is 0 Å². The molecule has 0 aliphatic heterocycles. The minimum Gasteiger partial charge on any atom is -0.465 e. The van der Waals surface area contributed by atoms with Gasteiger partial charge in [0.25, 0.3) is 5.69 Å². The van der Waals surface area contributed by atoms with Gasteiger partial charge in [-0.1, -0.05) is 12.1 Å². The van der Waals surface area contributed by atoms with Gasteiger partial charge in [-0.2, -0.15) is 0 Å². The van der Waals surface area contributed by atoms with E-state index < -0.39 is 17.1 Å². The van der Waals surface area contributed by atoms with Crippen LogP contribution in [-0.2, 0) is 11.3 Å². The second-order valence-electron chi connectivity index (χ2n) is 3.35. The second kappa shape index (κ2) is 5.62. The molecule has 0 fully saturated rings. The number of para-hydroxylation sites is 1. The molecule has 0 radical (unpaired) electrons. The SMILES string of the molecule is Cc1cccc(COC(=O)NC(=O)O)c1[N+](=O)[O-]. The molecule has 1 aromatic rings. The second-order valence-corrected chi connectivity index (χ2v) is 3.35. The molecule has 18 heavy (non-hydrogen) atoms. The number of rotatable bonds is 3. The molecule has 8 heteroatoms. The van der Waals surface area contributed by atoms with Gasteiger partial charge in [-0.3, -0.25) is 10.1 Å². The summed E-state index contributed by atoms with van der Waals surface area (Å²) in [6.45, 7) is 1.18. The third-order valence-corrected chi connectivity index (χ3v) is 2.07. The lowest BCUT2D eigenvalue weighted by molar-refractivity contribution is -0.386. The molecular weight excluding hydrogens is 244 g/mol. The lowest BCUT2D eigenvalue weighted by Crippen LogP contribution is -2.29. The Balaban J connectivity index is 2.79. The van der Waals surface area contributed by atoms with Gasteiger partial charge < -0.3 is 9.84 Å². The summed E-state index contributed by atoms with van der Waals surface area (Å²) in [5.41, 5.74) is 0.473. The minimum absolute atomic E-state index is 0.152. The summed E-state index contributed by atoms with van der Waals surface area (Å²) >= 11 is 0. The van der Waals surface area contributed by atoms with Crippen molar-refractivity contribution in [3.05, 3.63) is 39.4 Å². The van der Waals surface area contributed by atoms with Crippen molar-refractivity contribution in [2.24, 2.45) is 0 Å². The Bertz CT molecular complexity index is 499. The average molecular weight is 254 g/mol. The summed E-state index contributed by atoms with van der Waals surface area (Å²) in [5, 5.41) is 20.5. The van der Waals surface area contributed by atoms with E-state index in [0.29, 0.717) is 5.56 Å². The molecular formula is C10H10N2O6. The van der Waals surface area contributed by atoms with Crippen LogP contribution in [0.1, 0.15) is 11.1 Å². The topological polar surface area (TPSA) is 119 Å². The predicted octanol–water partition coefficient (Wildman–Crippen LogP) is 1.81. The quantitative estimate of drug-likeness (QED) is 0.627. The summed E-state index contributed by atoms with van der Waals surface area (Å²) in [6.07, 6.45) is -2.74. The molecule has 0 bridgehead atoms. The maximum atomic E-state index is 10.9. The normalized spacial score (nSPS) is 9.61. The summed E-state index contributed by atoms with van der Waals surface area (Å²) in [7, 11) is 0. The molecule has 0 spiro atoms. The maximum Gasteiger partial charge on any atom is 0.416 e. The van der Waals surface area contributed by atoms with Crippen LogP contribution < -0.4 is 5.32 Å². The van der Waals surface area contributed by atoms with Gasteiger partial charge in [-0.05, 0) is 13.0 Å². The van der Waals surface area contributed by atoms with Crippen LogP contribution >= 0.6 is 0 Å². The van der Waals surface area contributed by atoms with Crippen LogP contribution in [0.4, 0.5) is 15.3 Å². The van der Waals surface area contributed by atoms with Crippen molar-refractivity contribution in [3.63, 3.8) is 0 Å². The van der Waals surface area contributed by atoms with Gasteiger partial charge in [0.1, 0.15) is 6.61 Å². The van der Waals surface area contributed by atoms with Crippen LogP contribution in [0.15, 0.2) is 18.2 Å².